The van der Waals surface area contributed by atoms with Crippen LogP contribution in [0.1, 0.15) is 32.6 Å². The van der Waals surface area contributed by atoms with Crippen molar-refractivity contribution in [2.75, 3.05) is 23.1 Å². The summed E-state index contributed by atoms with van der Waals surface area (Å²) in [7, 11) is -4.08. The minimum atomic E-state index is -4.08. The molecular formula is C16H23BrFN5O2S2. The quantitative estimate of drug-likeness (QED) is 0.422. The maximum Gasteiger partial charge on any atom is 0.266 e. The predicted molar refractivity (Wildman–Crippen MR) is 110 cm³/mol. The lowest BCUT2D eigenvalue weighted by atomic mass is 10.0. The number of hydrogen-bond donors (Lipinski definition) is 3. The van der Waals surface area contributed by atoms with E-state index in [0.29, 0.717) is 29.2 Å². The van der Waals surface area contributed by atoms with Crippen LogP contribution in [0.3, 0.4) is 0 Å². The summed E-state index contributed by atoms with van der Waals surface area (Å²) in [6.07, 6.45) is 5.41. The molecular weight excluding hydrogens is 457 g/mol. The van der Waals surface area contributed by atoms with Crippen LogP contribution in [-0.4, -0.2) is 30.9 Å². The Morgan fingerprint density at radius 1 is 1.33 bits per heavy atom. The topological polar surface area (TPSA) is 110 Å². The first-order valence-corrected chi connectivity index (χ1v) is 11.6. The molecule has 0 radical (unpaired) electrons. The van der Waals surface area contributed by atoms with Crippen molar-refractivity contribution in [3.63, 3.8) is 0 Å². The van der Waals surface area contributed by atoms with E-state index in [-0.39, 0.29) is 5.13 Å². The molecule has 0 bridgehead atoms. The lowest BCUT2D eigenvalue weighted by Crippen LogP contribution is -2.15. The molecule has 2 rings (SSSR count). The zero-order chi connectivity index (χ0) is 19.9. The summed E-state index contributed by atoms with van der Waals surface area (Å²) in [5.74, 6) is -0.307. The second kappa shape index (κ2) is 10.3. The number of benzene rings is 1. The molecule has 1 atom stereocenters. The first kappa shape index (κ1) is 22.0. The van der Waals surface area contributed by atoms with Crippen molar-refractivity contribution in [3.8, 4) is 0 Å². The van der Waals surface area contributed by atoms with E-state index in [1.165, 1.54) is 18.5 Å². The van der Waals surface area contributed by atoms with Crippen molar-refractivity contribution in [1.29, 1.82) is 0 Å². The molecule has 27 heavy (non-hydrogen) atoms. The van der Waals surface area contributed by atoms with Crippen LogP contribution in [0.2, 0.25) is 0 Å². The van der Waals surface area contributed by atoms with Crippen LogP contribution < -0.4 is 15.8 Å². The summed E-state index contributed by atoms with van der Waals surface area (Å²) >= 11 is 4.18. The van der Waals surface area contributed by atoms with E-state index >= 15 is 0 Å². The van der Waals surface area contributed by atoms with Gasteiger partial charge in [-0.05, 0) is 53.4 Å². The first-order chi connectivity index (χ1) is 12.8. The number of nitrogens with two attached hydrogens (primary N) is 1. The van der Waals surface area contributed by atoms with E-state index in [1.54, 1.807) is 0 Å². The number of nitrogens with zero attached hydrogens (tertiary/aromatic N) is 2. The monoisotopic (exact) mass is 479 g/mol. The molecule has 0 unspecified atom stereocenters. The lowest BCUT2D eigenvalue weighted by molar-refractivity contribution is 0.502. The van der Waals surface area contributed by atoms with E-state index < -0.39 is 20.7 Å². The third kappa shape index (κ3) is 6.66. The smallest absolute Gasteiger partial charge is 0.266 e. The van der Waals surface area contributed by atoms with Crippen LogP contribution in [0.15, 0.2) is 27.8 Å². The highest BCUT2D eigenvalue weighted by Gasteiger charge is 2.22. The van der Waals surface area contributed by atoms with Crippen LogP contribution in [0.25, 0.3) is 0 Å². The normalized spacial score (nSPS) is 12.7. The summed E-state index contributed by atoms with van der Waals surface area (Å²) in [6.45, 7) is 3.51. The van der Waals surface area contributed by atoms with Gasteiger partial charge in [0, 0.05) is 22.5 Å². The largest absolute Gasteiger partial charge is 0.384 e. The molecule has 1 heterocycles. The third-order valence-electron chi connectivity index (χ3n) is 3.99. The number of nitrogens with one attached hydrogen (secondary N) is 2. The Bertz CT molecular complexity index is 834. The van der Waals surface area contributed by atoms with Gasteiger partial charge in [0.1, 0.15) is 17.0 Å². The summed E-state index contributed by atoms with van der Waals surface area (Å²) < 4.78 is 45.4. The van der Waals surface area contributed by atoms with Crippen molar-refractivity contribution in [3.05, 3.63) is 28.7 Å². The molecule has 2 aromatic rings. The number of anilines is 2. The number of unbranched alkanes of at least 4 members (excludes halogenated alkanes) is 2. The first-order valence-electron chi connectivity index (χ1n) is 8.56. The van der Waals surface area contributed by atoms with E-state index in [1.807, 2.05) is 0 Å². The van der Waals surface area contributed by atoms with Crippen molar-refractivity contribution < 1.29 is 12.8 Å². The summed E-state index contributed by atoms with van der Waals surface area (Å²) in [6, 6.07) is 2.42. The molecule has 0 aliphatic carbocycles. The third-order valence-corrected chi connectivity index (χ3v) is 6.70. The molecule has 1 aromatic heterocycles. The molecule has 0 aliphatic rings. The van der Waals surface area contributed by atoms with Crippen LogP contribution in [0.5, 0.6) is 0 Å². The fourth-order valence-electron chi connectivity index (χ4n) is 2.39. The molecule has 0 fully saturated rings. The second-order valence-electron chi connectivity index (χ2n) is 6.23. The van der Waals surface area contributed by atoms with Gasteiger partial charge in [0.05, 0.1) is 5.69 Å². The SMILES string of the molecule is C[C@H](CN)CCCCCNc1cc(F)c(S(=O)(=O)Nc2ncns2)cc1Br. The van der Waals surface area contributed by atoms with E-state index in [2.05, 4.69) is 42.3 Å². The molecule has 150 valence electrons. The summed E-state index contributed by atoms with van der Waals surface area (Å²) in [5.41, 5.74) is 6.11. The van der Waals surface area contributed by atoms with Gasteiger partial charge < -0.3 is 11.1 Å². The van der Waals surface area contributed by atoms with Crippen LogP contribution in [0.4, 0.5) is 15.2 Å². The molecule has 0 amide bonds. The fraction of sp³-hybridized carbons (Fsp3) is 0.500. The van der Waals surface area contributed by atoms with Gasteiger partial charge in [-0.15, -0.1) is 0 Å². The second-order valence-corrected chi connectivity index (χ2v) is 9.52. The number of aromatic nitrogens is 2. The van der Waals surface area contributed by atoms with E-state index in [0.717, 1.165) is 37.2 Å². The van der Waals surface area contributed by atoms with Crippen LogP contribution >= 0.6 is 27.5 Å². The summed E-state index contributed by atoms with van der Waals surface area (Å²) in [4.78, 5) is 3.29. The molecule has 11 heteroatoms. The standard InChI is InChI=1S/C16H23BrFN5O2S2/c1-11(9-19)5-3-2-4-6-20-14-8-13(18)15(7-12(14)17)27(24,25)23-16-21-10-22-26-16/h7-8,10-11,20H,2-6,9,19H2,1H3,(H,21,22,23)/t11-/m0/s1. The summed E-state index contributed by atoms with van der Waals surface area (Å²) in [5, 5.41) is 3.21. The molecule has 1 aromatic carbocycles. The number of sulfonamides is 1. The van der Waals surface area contributed by atoms with Crippen molar-refractivity contribution >= 4 is 48.3 Å². The Morgan fingerprint density at radius 2 is 2.11 bits per heavy atom. The molecule has 0 aliphatic heterocycles. The number of hydrogen-bond acceptors (Lipinski definition) is 7. The average Bonchev–Trinajstić information content (AvgIpc) is 3.12. The van der Waals surface area contributed by atoms with Gasteiger partial charge in [0.2, 0.25) is 5.13 Å². The average molecular weight is 480 g/mol. The predicted octanol–water partition coefficient (Wildman–Crippen LogP) is 3.81. The van der Waals surface area contributed by atoms with Gasteiger partial charge in [0.25, 0.3) is 10.0 Å². The van der Waals surface area contributed by atoms with Crippen LogP contribution in [-0.2, 0) is 10.0 Å². The van der Waals surface area contributed by atoms with Crippen LogP contribution in [0, 0.1) is 11.7 Å². The van der Waals surface area contributed by atoms with Gasteiger partial charge in [-0.3, -0.25) is 4.72 Å². The van der Waals surface area contributed by atoms with Gasteiger partial charge in [-0.1, -0.05) is 19.8 Å². The highest BCUT2D eigenvalue weighted by molar-refractivity contribution is 9.10. The van der Waals surface area contributed by atoms with Crippen molar-refractivity contribution in [2.45, 2.75) is 37.5 Å². The Balaban J connectivity index is 1.94. The zero-order valence-corrected chi connectivity index (χ0v) is 18.1. The number of rotatable bonds is 11. The maximum absolute atomic E-state index is 14.4. The molecule has 7 nitrogen and oxygen atoms in total. The number of halogens is 2. The maximum atomic E-state index is 14.4. The van der Waals surface area contributed by atoms with Gasteiger partial charge >= 0.3 is 0 Å². The molecule has 0 spiro atoms. The minimum Gasteiger partial charge on any atom is -0.384 e. The highest BCUT2D eigenvalue weighted by Crippen LogP contribution is 2.29. The minimum absolute atomic E-state index is 0.0803. The molecule has 0 saturated heterocycles. The van der Waals surface area contributed by atoms with Crippen molar-refractivity contribution in [2.24, 2.45) is 11.7 Å². The van der Waals surface area contributed by atoms with Gasteiger partial charge in [0.15, 0.2) is 0 Å². The highest BCUT2D eigenvalue weighted by atomic mass is 79.9. The Hall–Kier alpha value is -1.30. The Labute approximate surface area is 171 Å². The Morgan fingerprint density at radius 3 is 2.78 bits per heavy atom. The van der Waals surface area contributed by atoms with Crippen molar-refractivity contribution in [1.82, 2.24) is 9.36 Å². The zero-order valence-electron chi connectivity index (χ0n) is 14.9. The fourth-order valence-corrected chi connectivity index (χ4v) is 4.78. The van der Waals surface area contributed by atoms with E-state index in [9.17, 15) is 12.8 Å². The van der Waals surface area contributed by atoms with Gasteiger partial charge in [-0.2, -0.15) is 4.37 Å². The molecule has 0 saturated carbocycles. The van der Waals surface area contributed by atoms with E-state index in [4.69, 9.17) is 5.73 Å². The lowest BCUT2D eigenvalue weighted by Gasteiger charge is -2.12. The van der Waals surface area contributed by atoms with Gasteiger partial charge in [-0.25, -0.2) is 17.8 Å². The molecule has 4 N–H and O–H groups in total. The Kier molecular flexibility index (Phi) is 8.39.